The van der Waals surface area contributed by atoms with Crippen LogP contribution in [0.4, 0.5) is 18.9 Å². The molecule has 116 valence electrons. The molecule has 0 radical (unpaired) electrons. The number of ether oxygens (including phenoxy) is 1. The highest BCUT2D eigenvalue weighted by Crippen LogP contribution is 2.46. The van der Waals surface area contributed by atoms with E-state index in [9.17, 15) is 13.2 Å². The van der Waals surface area contributed by atoms with Crippen molar-refractivity contribution >= 4 is 5.69 Å². The number of hydrogen-bond acceptors (Lipinski definition) is 2. The van der Waals surface area contributed by atoms with Crippen molar-refractivity contribution in [3.8, 4) is 0 Å². The normalized spacial score (nSPS) is 22.0. The fourth-order valence-electron chi connectivity index (χ4n) is 2.75. The first-order valence-electron chi connectivity index (χ1n) is 6.56. The van der Waals surface area contributed by atoms with Gasteiger partial charge in [0.05, 0.1) is 13.7 Å². The van der Waals surface area contributed by atoms with Gasteiger partial charge in [0, 0.05) is 26.0 Å². The van der Waals surface area contributed by atoms with Crippen LogP contribution in [0, 0.1) is 0 Å². The van der Waals surface area contributed by atoms with Gasteiger partial charge in [0.2, 0.25) is 0 Å². The predicted octanol–water partition coefficient (Wildman–Crippen LogP) is 3.81. The molecule has 1 unspecified atom stereocenters. The summed E-state index contributed by atoms with van der Waals surface area (Å²) in [5.74, 6) is 0. The number of hydroxylamine groups is 2. The lowest BCUT2D eigenvalue weighted by Crippen LogP contribution is -2.45. The van der Waals surface area contributed by atoms with Gasteiger partial charge in [0.25, 0.3) is 0 Å². The van der Waals surface area contributed by atoms with Crippen LogP contribution in [0.2, 0.25) is 0 Å². The van der Waals surface area contributed by atoms with E-state index in [4.69, 9.17) is 9.57 Å². The zero-order chi connectivity index (χ0) is 15.8. The summed E-state index contributed by atoms with van der Waals surface area (Å²) in [4.78, 5) is 5.41. The zero-order valence-corrected chi connectivity index (χ0v) is 12.5. The molecule has 3 nitrogen and oxygen atoms in total. The van der Waals surface area contributed by atoms with Gasteiger partial charge in [-0.2, -0.15) is 18.0 Å². The van der Waals surface area contributed by atoms with Crippen LogP contribution in [0.1, 0.15) is 23.6 Å². The summed E-state index contributed by atoms with van der Waals surface area (Å²) < 4.78 is 44.9. The van der Waals surface area contributed by atoms with Crippen molar-refractivity contribution in [1.29, 1.82) is 0 Å². The van der Waals surface area contributed by atoms with Crippen molar-refractivity contribution in [1.82, 2.24) is 4.65 Å². The molecule has 0 aliphatic carbocycles. The van der Waals surface area contributed by atoms with Crippen LogP contribution < -0.4 is 4.65 Å². The summed E-state index contributed by atoms with van der Waals surface area (Å²) in [5.41, 5.74) is 1.60. The first-order valence-corrected chi connectivity index (χ1v) is 6.56. The SMILES string of the molecule is COCc1ccc(C(F)(F)F)c2c1CC=C(C)[N+]2(C)OC. The van der Waals surface area contributed by atoms with E-state index in [-0.39, 0.29) is 16.9 Å². The molecule has 0 bridgehead atoms. The van der Waals surface area contributed by atoms with E-state index in [2.05, 4.69) is 0 Å². The summed E-state index contributed by atoms with van der Waals surface area (Å²) in [5, 5.41) is 0. The summed E-state index contributed by atoms with van der Waals surface area (Å²) >= 11 is 0. The largest absolute Gasteiger partial charge is 0.422 e. The minimum absolute atomic E-state index is 0.152. The molecular formula is C15H19F3NO2+. The molecule has 1 atom stereocenters. The number of benzene rings is 1. The smallest absolute Gasteiger partial charge is 0.380 e. The van der Waals surface area contributed by atoms with Crippen LogP contribution in [0.15, 0.2) is 23.9 Å². The molecule has 21 heavy (non-hydrogen) atoms. The van der Waals surface area contributed by atoms with Gasteiger partial charge >= 0.3 is 6.18 Å². The Kier molecular flexibility index (Phi) is 4.15. The monoisotopic (exact) mass is 302 g/mol. The van der Waals surface area contributed by atoms with Crippen molar-refractivity contribution < 1.29 is 22.7 Å². The molecular weight excluding hydrogens is 283 g/mol. The van der Waals surface area contributed by atoms with Crippen LogP contribution in [0.3, 0.4) is 0 Å². The maximum atomic E-state index is 13.4. The minimum Gasteiger partial charge on any atom is -0.380 e. The van der Waals surface area contributed by atoms with Gasteiger partial charge in [0.1, 0.15) is 18.3 Å². The molecule has 0 amide bonds. The summed E-state index contributed by atoms with van der Waals surface area (Å²) in [7, 11) is 4.56. The maximum absolute atomic E-state index is 13.4. The molecule has 0 fully saturated rings. The molecule has 0 saturated heterocycles. The van der Waals surface area contributed by atoms with Crippen molar-refractivity contribution in [2.45, 2.75) is 26.1 Å². The van der Waals surface area contributed by atoms with Gasteiger partial charge in [-0.25, -0.2) is 0 Å². The Hall–Kier alpha value is -1.37. The third kappa shape index (κ3) is 2.59. The second-order valence-corrected chi connectivity index (χ2v) is 5.19. The third-order valence-corrected chi connectivity index (χ3v) is 4.05. The summed E-state index contributed by atoms with van der Waals surface area (Å²) in [6.07, 6.45) is -2.09. The summed E-state index contributed by atoms with van der Waals surface area (Å²) in [6, 6.07) is 2.60. The number of methoxy groups -OCH3 is 1. The maximum Gasteiger partial charge on any atom is 0.422 e. The van der Waals surface area contributed by atoms with E-state index in [1.54, 1.807) is 14.0 Å². The van der Waals surface area contributed by atoms with E-state index < -0.39 is 11.7 Å². The van der Waals surface area contributed by atoms with E-state index in [0.717, 1.165) is 17.3 Å². The highest BCUT2D eigenvalue weighted by atomic mass is 19.4. The minimum atomic E-state index is -4.43. The molecule has 2 rings (SSSR count). The van der Waals surface area contributed by atoms with Gasteiger partial charge in [-0.05, 0) is 17.7 Å². The van der Waals surface area contributed by atoms with E-state index in [1.165, 1.54) is 20.3 Å². The van der Waals surface area contributed by atoms with Crippen LogP contribution in [0.25, 0.3) is 0 Å². The van der Waals surface area contributed by atoms with Gasteiger partial charge in [-0.15, -0.1) is 4.65 Å². The average molecular weight is 302 g/mol. The van der Waals surface area contributed by atoms with Crippen molar-refractivity contribution in [2.24, 2.45) is 0 Å². The fraction of sp³-hybridized carbons (Fsp3) is 0.467. The fourth-order valence-corrected chi connectivity index (χ4v) is 2.75. The number of allylic oxidation sites excluding steroid dienone is 2. The third-order valence-electron chi connectivity index (χ3n) is 4.05. The van der Waals surface area contributed by atoms with Crippen LogP contribution in [-0.2, 0) is 28.8 Å². The molecule has 1 aromatic carbocycles. The van der Waals surface area contributed by atoms with Gasteiger partial charge in [-0.3, -0.25) is 0 Å². The van der Waals surface area contributed by atoms with Crippen molar-refractivity contribution in [3.63, 3.8) is 0 Å². The lowest BCUT2D eigenvalue weighted by molar-refractivity contribution is -0.142. The number of rotatable bonds is 3. The van der Waals surface area contributed by atoms with E-state index >= 15 is 0 Å². The Morgan fingerprint density at radius 2 is 1.90 bits per heavy atom. The number of alkyl halides is 3. The molecule has 1 heterocycles. The average Bonchev–Trinajstić information content (AvgIpc) is 2.42. The second kappa shape index (κ2) is 5.44. The van der Waals surface area contributed by atoms with Crippen LogP contribution in [0.5, 0.6) is 0 Å². The molecule has 0 N–H and O–H groups in total. The Bertz CT molecular complexity index is 581. The molecule has 0 aromatic heterocycles. The molecule has 1 aliphatic rings. The number of halogens is 3. The van der Waals surface area contributed by atoms with Gasteiger partial charge < -0.3 is 4.74 Å². The van der Waals surface area contributed by atoms with E-state index in [0.29, 0.717) is 12.0 Å². The number of fused-ring (bicyclic) bond motifs is 1. The standard InChI is InChI=1S/C15H19F3NO2/c1-10-5-7-12-11(9-20-3)6-8-13(15(16,17)18)14(12)19(10,2)21-4/h5-6,8H,7,9H2,1-4H3/q+1. The van der Waals surface area contributed by atoms with E-state index in [1.807, 2.05) is 6.08 Å². The van der Waals surface area contributed by atoms with Crippen molar-refractivity contribution in [2.75, 3.05) is 21.3 Å². The highest BCUT2D eigenvalue weighted by Gasteiger charge is 2.46. The zero-order valence-electron chi connectivity index (χ0n) is 12.5. The Balaban J connectivity index is 2.77. The number of nitrogens with zero attached hydrogens (tertiary/aromatic N) is 1. The number of hydrogen-bond donors (Lipinski definition) is 0. The Labute approximate surface area is 122 Å². The quantitative estimate of drug-likeness (QED) is 0.791. The van der Waals surface area contributed by atoms with Gasteiger partial charge in [0.15, 0.2) is 5.69 Å². The Morgan fingerprint density at radius 3 is 2.43 bits per heavy atom. The number of quaternary nitrogens is 1. The highest BCUT2D eigenvalue weighted by molar-refractivity contribution is 5.64. The van der Waals surface area contributed by atoms with Crippen molar-refractivity contribution in [3.05, 3.63) is 40.6 Å². The molecule has 1 aliphatic heterocycles. The first-order chi connectivity index (χ1) is 9.75. The lowest BCUT2D eigenvalue weighted by Gasteiger charge is -2.36. The van der Waals surface area contributed by atoms with Crippen LogP contribution in [-0.4, -0.2) is 21.3 Å². The molecule has 6 heteroatoms. The molecule has 1 aromatic rings. The van der Waals surface area contributed by atoms with Gasteiger partial charge in [-0.1, -0.05) is 6.07 Å². The second-order valence-electron chi connectivity index (χ2n) is 5.19. The first kappa shape index (κ1) is 16.0. The predicted molar refractivity (Wildman–Crippen MR) is 74.3 cm³/mol. The lowest BCUT2D eigenvalue weighted by atomic mass is 9.93. The van der Waals surface area contributed by atoms with Crippen LogP contribution >= 0.6 is 0 Å². The Morgan fingerprint density at radius 1 is 1.24 bits per heavy atom. The summed E-state index contributed by atoms with van der Waals surface area (Å²) in [6.45, 7) is 2.05. The molecule has 0 saturated carbocycles. The molecule has 0 spiro atoms. The topological polar surface area (TPSA) is 18.5 Å².